The smallest absolute Gasteiger partial charge is 0.251 e. The third-order valence-corrected chi connectivity index (χ3v) is 2.49. The zero-order valence-electron chi connectivity index (χ0n) is 9.86. The van der Waals surface area contributed by atoms with Crippen molar-refractivity contribution in [1.29, 1.82) is 0 Å². The van der Waals surface area contributed by atoms with Crippen LogP contribution in [0.2, 0.25) is 0 Å². The summed E-state index contributed by atoms with van der Waals surface area (Å²) in [5.74, 6) is -0.0573. The molecule has 1 aromatic rings. The number of carbonyl (C=O) groups excluding carboxylic acids is 1. The number of aliphatic hydroxyl groups is 1. The van der Waals surface area contributed by atoms with E-state index in [-0.39, 0.29) is 12.0 Å². The number of aliphatic hydroxyl groups excluding tert-OH is 1. The van der Waals surface area contributed by atoms with Gasteiger partial charge in [0.15, 0.2) is 0 Å². The molecule has 1 amide bonds. The minimum atomic E-state index is -0.373. The van der Waals surface area contributed by atoms with Gasteiger partial charge in [-0.2, -0.15) is 0 Å². The van der Waals surface area contributed by atoms with E-state index < -0.39 is 0 Å². The molecule has 0 aliphatic rings. The minimum absolute atomic E-state index is 0.0573. The first-order chi connectivity index (χ1) is 7.65. The minimum Gasteiger partial charge on any atom is -0.393 e. The topological polar surface area (TPSA) is 49.3 Å². The number of hydrogen-bond acceptors (Lipinski definition) is 2. The molecule has 0 heterocycles. The van der Waals surface area contributed by atoms with Gasteiger partial charge in [-0.15, -0.1) is 0 Å². The molecule has 1 rings (SSSR count). The van der Waals surface area contributed by atoms with Gasteiger partial charge in [0.2, 0.25) is 0 Å². The third kappa shape index (κ3) is 3.66. The van der Waals surface area contributed by atoms with E-state index in [0.29, 0.717) is 13.0 Å². The summed E-state index contributed by atoms with van der Waals surface area (Å²) in [6.07, 6.45) is 1.06. The van der Waals surface area contributed by atoms with E-state index in [1.54, 1.807) is 6.92 Å². The van der Waals surface area contributed by atoms with E-state index in [9.17, 15) is 4.79 Å². The van der Waals surface area contributed by atoms with E-state index in [2.05, 4.69) is 5.32 Å². The van der Waals surface area contributed by atoms with Crippen LogP contribution in [0.5, 0.6) is 0 Å². The van der Waals surface area contributed by atoms with Crippen LogP contribution in [-0.2, 0) is 6.42 Å². The summed E-state index contributed by atoms with van der Waals surface area (Å²) in [6, 6.07) is 7.59. The highest BCUT2D eigenvalue weighted by molar-refractivity contribution is 5.95. The maximum absolute atomic E-state index is 11.8. The molecule has 0 fully saturated rings. The van der Waals surface area contributed by atoms with Crippen LogP contribution in [0.15, 0.2) is 24.3 Å². The number of nitrogens with one attached hydrogen (secondary N) is 1. The Bertz CT molecular complexity index is 348. The van der Waals surface area contributed by atoms with Crippen molar-refractivity contribution in [3.05, 3.63) is 35.4 Å². The van der Waals surface area contributed by atoms with Gasteiger partial charge in [0, 0.05) is 12.1 Å². The summed E-state index contributed by atoms with van der Waals surface area (Å²) < 4.78 is 0. The first-order valence-electron chi connectivity index (χ1n) is 5.69. The Morgan fingerprint density at radius 1 is 1.44 bits per heavy atom. The second kappa shape index (κ2) is 6.28. The fraction of sp³-hybridized carbons (Fsp3) is 0.462. The quantitative estimate of drug-likeness (QED) is 0.795. The van der Waals surface area contributed by atoms with Crippen molar-refractivity contribution in [2.45, 2.75) is 32.8 Å². The molecule has 16 heavy (non-hydrogen) atoms. The van der Waals surface area contributed by atoms with E-state index in [1.807, 2.05) is 31.2 Å². The Morgan fingerprint density at radius 3 is 2.75 bits per heavy atom. The largest absolute Gasteiger partial charge is 0.393 e. The molecular formula is C13H19NO2. The molecule has 0 spiro atoms. The summed E-state index contributed by atoms with van der Waals surface area (Å²) in [5.41, 5.74) is 1.78. The van der Waals surface area contributed by atoms with E-state index in [1.165, 1.54) is 0 Å². The highest BCUT2D eigenvalue weighted by Gasteiger charge is 2.08. The van der Waals surface area contributed by atoms with Crippen molar-refractivity contribution < 1.29 is 9.90 Å². The van der Waals surface area contributed by atoms with Gasteiger partial charge in [-0.05, 0) is 31.4 Å². The number of hydrogen-bond donors (Lipinski definition) is 2. The van der Waals surface area contributed by atoms with Gasteiger partial charge < -0.3 is 10.4 Å². The lowest BCUT2D eigenvalue weighted by Gasteiger charge is -2.09. The van der Waals surface area contributed by atoms with E-state index in [0.717, 1.165) is 17.5 Å². The van der Waals surface area contributed by atoms with Crippen LogP contribution < -0.4 is 5.32 Å². The number of amides is 1. The molecule has 0 aromatic heterocycles. The van der Waals surface area contributed by atoms with Crippen LogP contribution in [0, 0.1) is 0 Å². The molecule has 3 heteroatoms. The van der Waals surface area contributed by atoms with Crippen molar-refractivity contribution in [2.75, 3.05) is 6.54 Å². The van der Waals surface area contributed by atoms with Crippen molar-refractivity contribution in [3.63, 3.8) is 0 Å². The number of carbonyl (C=O) groups is 1. The second-order valence-corrected chi connectivity index (χ2v) is 3.90. The highest BCUT2D eigenvalue weighted by atomic mass is 16.3. The molecule has 0 radical (unpaired) electrons. The van der Waals surface area contributed by atoms with Gasteiger partial charge in [0.25, 0.3) is 5.91 Å². The van der Waals surface area contributed by atoms with Crippen molar-refractivity contribution >= 4 is 5.91 Å². The zero-order chi connectivity index (χ0) is 12.0. The zero-order valence-corrected chi connectivity index (χ0v) is 9.86. The summed E-state index contributed by atoms with van der Waals surface area (Å²) in [5, 5.41) is 11.9. The van der Waals surface area contributed by atoms with Gasteiger partial charge in [-0.3, -0.25) is 4.79 Å². The van der Waals surface area contributed by atoms with Crippen molar-refractivity contribution in [2.24, 2.45) is 0 Å². The van der Waals surface area contributed by atoms with Gasteiger partial charge in [-0.25, -0.2) is 0 Å². The standard InChI is InChI=1S/C13H19NO2/c1-3-11-6-4-5-7-12(11)13(16)14-9-8-10(2)15/h4-7,10,15H,3,8-9H2,1-2H3,(H,14,16). The molecule has 3 nitrogen and oxygen atoms in total. The molecule has 0 saturated carbocycles. The fourth-order valence-electron chi connectivity index (χ4n) is 1.54. The monoisotopic (exact) mass is 221 g/mol. The molecule has 2 N–H and O–H groups in total. The summed E-state index contributed by atoms with van der Waals surface area (Å²) in [7, 11) is 0. The van der Waals surface area contributed by atoms with Gasteiger partial charge in [-0.1, -0.05) is 25.1 Å². The van der Waals surface area contributed by atoms with Crippen LogP contribution in [0.25, 0.3) is 0 Å². The third-order valence-electron chi connectivity index (χ3n) is 2.49. The maximum Gasteiger partial charge on any atom is 0.251 e. The molecule has 1 aromatic carbocycles. The SMILES string of the molecule is CCc1ccccc1C(=O)NCCC(C)O. The predicted molar refractivity (Wildman–Crippen MR) is 64.5 cm³/mol. The second-order valence-electron chi connectivity index (χ2n) is 3.90. The van der Waals surface area contributed by atoms with Gasteiger partial charge in [0.05, 0.1) is 6.10 Å². The Labute approximate surface area is 96.5 Å². The van der Waals surface area contributed by atoms with Gasteiger partial charge in [0.1, 0.15) is 0 Å². The predicted octanol–water partition coefficient (Wildman–Crippen LogP) is 1.75. The first kappa shape index (κ1) is 12.7. The number of rotatable bonds is 5. The average Bonchev–Trinajstić information content (AvgIpc) is 2.28. The summed E-state index contributed by atoms with van der Waals surface area (Å²) in [6.45, 7) is 4.25. The lowest BCUT2D eigenvalue weighted by atomic mass is 10.0. The van der Waals surface area contributed by atoms with Gasteiger partial charge >= 0.3 is 0 Å². The molecule has 0 saturated heterocycles. The van der Waals surface area contributed by atoms with Crippen molar-refractivity contribution in [3.8, 4) is 0 Å². The van der Waals surface area contributed by atoms with E-state index in [4.69, 9.17) is 5.11 Å². The fourth-order valence-corrected chi connectivity index (χ4v) is 1.54. The normalized spacial score (nSPS) is 12.2. The molecule has 1 atom stereocenters. The molecule has 0 aliphatic carbocycles. The number of aryl methyl sites for hydroxylation is 1. The number of benzene rings is 1. The molecule has 88 valence electrons. The lowest BCUT2D eigenvalue weighted by Crippen LogP contribution is -2.27. The molecule has 1 unspecified atom stereocenters. The van der Waals surface area contributed by atoms with Crippen LogP contribution in [0.4, 0.5) is 0 Å². The molecule has 0 bridgehead atoms. The Kier molecular flexibility index (Phi) is 4.99. The maximum atomic E-state index is 11.8. The van der Waals surface area contributed by atoms with Crippen LogP contribution in [0.1, 0.15) is 36.2 Å². The highest BCUT2D eigenvalue weighted by Crippen LogP contribution is 2.09. The average molecular weight is 221 g/mol. The van der Waals surface area contributed by atoms with E-state index >= 15 is 0 Å². The lowest BCUT2D eigenvalue weighted by molar-refractivity contribution is 0.0944. The van der Waals surface area contributed by atoms with Crippen molar-refractivity contribution in [1.82, 2.24) is 5.32 Å². The Balaban J connectivity index is 2.59. The summed E-state index contributed by atoms with van der Waals surface area (Å²) in [4.78, 5) is 11.8. The van der Waals surface area contributed by atoms with Crippen LogP contribution in [-0.4, -0.2) is 23.7 Å². The van der Waals surface area contributed by atoms with Crippen LogP contribution >= 0.6 is 0 Å². The first-order valence-corrected chi connectivity index (χ1v) is 5.69. The Morgan fingerprint density at radius 2 is 2.12 bits per heavy atom. The van der Waals surface area contributed by atoms with Crippen LogP contribution in [0.3, 0.4) is 0 Å². The Hall–Kier alpha value is -1.35. The molecule has 0 aliphatic heterocycles. The summed E-state index contributed by atoms with van der Waals surface area (Å²) >= 11 is 0. The molecular weight excluding hydrogens is 202 g/mol.